The third-order valence-corrected chi connectivity index (χ3v) is 1.72. The van der Waals surface area contributed by atoms with Gasteiger partial charge in [0.1, 0.15) is 5.69 Å². The standard InChI is InChI=1S/C7H4ClF3N2O/c8-2-1-3(9)13-5(6(10)11)4(2)7(12)14/h1,6H,(H2,12,14). The van der Waals surface area contributed by atoms with Crippen molar-refractivity contribution in [2.75, 3.05) is 0 Å². The first-order chi connectivity index (χ1) is 6.43. The van der Waals surface area contributed by atoms with Crippen LogP contribution in [0.15, 0.2) is 6.07 Å². The first-order valence-electron chi connectivity index (χ1n) is 3.37. The number of amides is 1. The van der Waals surface area contributed by atoms with Crippen molar-refractivity contribution in [2.45, 2.75) is 6.43 Å². The maximum Gasteiger partial charge on any atom is 0.281 e. The molecule has 0 aromatic carbocycles. The molecule has 0 fully saturated rings. The van der Waals surface area contributed by atoms with E-state index in [-0.39, 0.29) is 0 Å². The highest BCUT2D eigenvalue weighted by molar-refractivity contribution is 6.33. The minimum absolute atomic E-state index is 0.472. The number of alkyl halides is 2. The van der Waals surface area contributed by atoms with Crippen molar-refractivity contribution in [2.24, 2.45) is 5.73 Å². The molecule has 0 unspecified atom stereocenters. The summed E-state index contributed by atoms with van der Waals surface area (Å²) >= 11 is 5.36. The molecule has 1 amide bonds. The smallest absolute Gasteiger partial charge is 0.281 e. The molecule has 0 spiro atoms. The lowest BCUT2D eigenvalue weighted by molar-refractivity contribution is 0.0982. The molecule has 1 heterocycles. The number of rotatable bonds is 2. The van der Waals surface area contributed by atoms with Crippen LogP contribution in [0, 0.1) is 5.95 Å². The van der Waals surface area contributed by atoms with Gasteiger partial charge in [0.2, 0.25) is 5.95 Å². The van der Waals surface area contributed by atoms with Gasteiger partial charge in [0, 0.05) is 6.07 Å². The Morgan fingerprint density at radius 2 is 2.14 bits per heavy atom. The quantitative estimate of drug-likeness (QED) is 0.780. The van der Waals surface area contributed by atoms with Crippen molar-refractivity contribution < 1.29 is 18.0 Å². The molecule has 3 nitrogen and oxygen atoms in total. The molecule has 2 N–H and O–H groups in total. The Labute approximate surface area is 81.7 Å². The highest BCUT2D eigenvalue weighted by Crippen LogP contribution is 2.26. The average molecular weight is 225 g/mol. The summed E-state index contributed by atoms with van der Waals surface area (Å²) in [6.07, 6.45) is -3.11. The Kier molecular flexibility index (Phi) is 2.95. The molecule has 14 heavy (non-hydrogen) atoms. The van der Waals surface area contributed by atoms with Crippen LogP contribution in [0.4, 0.5) is 13.2 Å². The van der Waals surface area contributed by atoms with Gasteiger partial charge in [-0.15, -0.1) is 0 Å². The van der Waals surface area contributed by atoms with Crippen LogP contribution in [-0.2, 0) is 0 Å². The fourth-order valence-corrected chi connectivity index (χ4v) is 1.18. The van der Waals surface area contributed by atoms with E-state index in [1.54, 1.807) is 0 Å². The Hall–Kier alpha value is -1.30. The van der Waals surface area contributed by atoms with Crippen LogP contribution in [-0.4, -0.2) is 10.9 Å². The van der Waals surface area contributed by atoms with Gasteiger partial charge in [-0.2, -0.15) is 4.39 Å². The van der Waals surface area contributed by atoms with E-state index in [2.05, 4.69) is 4.98 Å². The van der Waals surface area contributed by atoms with E-state index in [9.17, 15) is 18.0 Å². The van der Waals surface area contributed by atoms with E-state index in [1.807, 2.05) is 0 Å². The molecule has 0 aliphatic carbocycles. The summed E-state index contributed by atoms with van der Waals surface area (Å²) in [6.45, 7) is 0. The minimum atomic E-state index is -3.11. The van der Waals surface area contributed by atoms with Crippen molar-refractivity contribution in [1.29, 1.82) is 0 Å². The molecule has 1 aromatic heterocycles. The lowest BCUT2D eigenvalue weighted by atomic mass is 10.2. The van der Waals surface area contributed by atoms with Gasteiger partial charge in [0.15, 0.2) is 0 Å². The predicted octanol–water partition coefficient (Wildman–Crippen LogP) is 1.91. The topological polar surface area (TPSA) is 56.0 Å². The summed E-state index contributed by atoms with van der Waals surface area (Å²) in [5, 5.41) is -0.472. The van der Waals surface area contributed by atoms with E-state index in [1.165, 1.54) is 0 Å². The van der Waals surface area contributed by atoms with Gasteiger partial charge in [0.05, 0.1) is 10.6 Å². The molecular formula is C7H4ClF3N2O. The molecule has 1 aromatic rings. The Morgan fingerprint density at radius 1 is 1.57 bits per heavy atom. The van der Waals surface area contributed by atoms with Crippen molar-refractivity contribution >= 4 is 17.5 Å². The highest BCUT2D eigenvalue weighted by atomic mass is 35.5. The van der Waals surface area contributed by atoms with Gasteiger partial charge in [-0.05, 0) is 0 Å². The maximum atomic E-state index is 12.6. The van der Waals surface area contributed by atoms with E-state index in [4.69, 9.17) is 17.3 Å². The predicted molar refractivity (Wildman–Crippen MR) is 42.7 cm³/mol. The third-order valence-electron chi connectivity index (χ3n) is 1.42. The Morgan fingerprint density at radius 3 is 2.57 bits per heavy atom. The number of pyridine rings is 1. The largest absolute Gasteiger partial charge is 0.365 e. The Bertz CT molecular complexity index is 383. The van der Waals surface area contributed by atoms with E-state index < -0.39 is 34.6 Å². The van der Waals surface area contributed by atoms with Gasteiger partial charge in [-0.3, -0.25) is 4.79 Å². The molecule has 7 heteroatoms. The number of halogens is 4. The summed E-state index contributed by atoms with van der Waals surface area (Å²) in [4.78, 5) is 13.6. The zero-order chi connectivity index (χ0) is 10.9. The van der Waals surface area contributed by atoms with Crippen LogP contribution < -0.4 is 5.73 Å². The number of carbonyl (C=O) groups excluding carboxylic acids is 1. The molecule has 0 aliphatic heterocycles. The summed E-state index contributed by atoms with van der Waals surface area (Å²) in [7, 11) is 0. The van der Waals surface area contributed by atoms with Crippen LogP contribution in [0.2, 0.25) is 5.02 Å². The zero-order valence-electron chi connectivity index (χ0n) is 6.60. The first kappa shape index (κ1) is 10.8. The number of carbonyl (C=O) groups is 1. The maximum absolute atomic E-state index is 12.6. The van der Waals surface area contributed by atoms with Crippen LogP contribution in [0.25, 0.3) is 0 Å². The normalized spacial score (nSPS) is 10.6. The van der Waals surface area contributed by atoms with E-state index in [0.29, 0.717) is 6.07 Å². The number of hydrogen-bond acceptors (Lipinski definition) is 2. The molecule has 0 radical (unpaired) electrons. The van der Waals surface area contributed by atoms with Gasteiger partial charge < -0.3 is 5.73 Å². The summed E-state index contributed by atoms with van der Waals surface area (Å²) in [5.74, 6) is -2.35. The fourth-order valence-electron chi connectivity index (χ4n) is 0.904. The van der Waals surface area contributed by atoms with Crippen LogP contribution in [0.3, 0.4) is 0 Å². The molecule has 0 saturated heterocycles. The van der Waals surface area contributed by atoms with Crippen LogP contribution in [0.1, 0.15) is 22.5 Å². The molecule has 76 valence electrons. The summed E-state index contributed by atoms with van der Waals surface area (Å²) < 4.78 is 37.1. The summed E-state index contributed by atoms with van der Waals surface area (Å²) in [5.41, 5.74) is 3.09. The second kappa shape index (κ2) is 3.83. The SMILES string of the molecule is NC(=O)c1c(Cl)cc(F)nc1C(F)F. The lowest BCUT2D eigenvalue weighted by Crippen LogP contribution is -2.16. The number of aromatic nitrogens is 1. The fraction of sp³-hybridized carbons (Fsp3) is 0.143. The molecule has 0 bridgehead atoms. The summed E-state index contributed by atoms with van der Waals surface area (Å²) in [6, 6.07) is 0.646. The Balaban J connectivity index is 3.44. The van der Waals surface area contributed by atoms with E-state index >= 15 is 0 Å². The van der Waals surface area contributed by atoms with Crippen molar-refractivity contribution in [1.82, 2.24) is 4.98 Å². The van der Waals surface area contributed by atoms with Crippen molar-refractivity contribution in [3.63, 3.8) is 0 Å². The van der Waals surface area contributed by atoms with Crippen molar-refractivity contribution in [3.8, 4) is 0 Å². The van der Waals surface area contributed by atoms with Gasteiger partial charge in [-0.1, -0.05) is 11.6 Å². The number of primary amides is 1. The van der Waals surface area contributed by atoms with Gasteiger partial charge in [-0.25, -0.2) is 13.8 Å². The number of nitrogens with zero attached hydrogens (tertiary/aromatic N) is 1. The molecular weight excluding hydrogens is 221 g/mol. The van der Waals surface area contributed by atoms with Gasteiger partial charge >= 0.3 is 0 Å². The van der Waals surface area contributed by atoms with Gasteiger partial charge in [0.25, 0.3) is 12.3 Å². The second-order valence-electron chi connectivity index (χ2n) is 2.35. The molecule has 0 atom stereocenters. The molecule has 0 saturated carbocycles. The van der Waals surface area contributed by atoms with E-state index in [0.717, 1.165) is 0 Å². The minimum Gasteiger partial charge on any atom is -0.365 e. The zero-order valence-corrected chi connectivity index (χ0v) is 7.36. The number of nitrogens with two attached hydrogens (primary N) is 1. The van der Waals surface area contributed by atoms with Crippen molar-refractivity contribution in [3.05, 3.63) is 28.3 Å². The number of hydrogen-bond donors (Lipinski definition) is 1. The average Bonchev–Trinajstić information content (AvgIpc) is 2.01. The van der Waals surface area contributed by atoms with Crippen LogP contribution in [0.5, 0.6) is 0 Å². The van der Waals surface area contributed by atoms with Crippen LogP contribution >= 0.6 is 11.6 Å². The highest BCUT2D eigenvalue weighted by Gasteiger charge is 2.22. The first-order valence-corrected chi connectivity index (χ1v) is 3.75. The lowest BCUT2D eigenvalue weighted by Gasteiger charge is -2.06. The molecule has 0 aliphatic rings. The third kappa shape index (κ3) is 1.95. The monoisotopic (exact) mass is 224 g/mol. The molecule has 1 rings (SSSR count). The second-order valence-corrected chi connectivity index (χ2v) is 2.76.